The summed E-state index contributed by atoms with van der Waals surface area (Å²) in [6.07, 6.45) is -1.41. The molecule has 1 aliphatic heterocycles. The molecule has 1 saturated heterocycles. The van der Waals surface area contributed by atoms with Gasteiger partial charge in [0.1, 0.15) is 6.10 Å². The Balaban J connectivity index is 2.51. The molecule has 2 N–H and O–H groups in total. The molecule has 0 spiro atoms. The van der Waals surface area contributed by atoms with Gasteiger partial charge >= 0.3 is 15.2 Å². The highest BCUT2D eigenvalue weighted by Gasteiger charge is 2.39. The summed E-state index contributed by atoms with van der Waals surface area (Å²) in [7, 11) is -7.64. The average molecular weight is 404 g/mol. The second kappa shape index (κ2) is 11.1. The molecule has 0 aromatic heterocycles. The highest BCUT2D eigenvalue weighted by molar-refractivity contribution is 7.53. The molecule has 1 rings (SSSR count). The first kappa shape index (κ1) is 23.2. The zero-order valence-electron chi connectivity index (χ0n) is 15.0. The van der Waals surface area contributed by atoms with Gasteiger partial charge in [-0.3, -0.25) is 9.13 Å². The van der Waals surface area contributed by atoms with Crippen LogP contribution in [0.25, 0.3) is 0 Å². The second-order valence-corrected chi connectivity index (χ2v) is 9.69. The summed E-state index contributed by atoms with van der Waals surface area (Å²) in [6.45, 7) is 6.33. The first-order valence-corrected chi connectivity index (χ1v) is 12.0. The van der Waals surface area contributed by atoms with Crippen LogP contribution >= 0.6 is 15.2 Å². The van der Waals surface area contributed by atoms with E-state index in [1.807, 2.05) is 0 Å². The van der Waals surface area contributed by atoms with Crippen molar-refractivity contribution in [3.05, 3.63) is 0 Å². The van der Waals surface area contributed by atoms with Crippen molar-refractivity contribution >= 4 is 15.2 Å². The zero-order valence-corrected chi connectivity index (χ0v) is 16.8. The van der Waals surface area contributed by atoms with E-state index in [1.165, 1.54) is 0 Å². The molecule has 1 heterocycles. The van der Waals surface area contributed by atoms with Gasteiger partial charge in [-0.1, -0.05) is 0 Å². The van der Waals surface area contributed by atoms with Crippen LogP contribution in [0.4, 0.5) is 0 Å². The molecule has 1 fully saturated rings. The summed E-state index contributed by atoms with van der Waals surface area (Å²) in [5.74, 6) is 0. The predicted molar refractivity (Wildman–Crippen MR) is 92.1 cm³/mol. The number of ether oxygens (including phenoxy) is 3. The molecule has 0 saturated carbocycles. The van der Waals surface area contributed by atoms with Gasteiger partial charge in [-0.15, -0.1) is 0 Å². The molecule has 0 aliphatic carbocycles. The summed E-state index contributed by atoms with van der Waals surface area (Å²) in [5.41, 5.74) is 0. The molecule has 25 heavy (non-hydrogen) atoms. The van der Waals surface area contributed by atoms with E-state index < -0.39 is 27.4 Å². The van der Waals surface area contributed by atoms with Crippen LogP contribution in [0.15, 0.2) is 0 Å². The maximum Gasteiger partial charge on any atom is 0.330 e. The fourth-order valence-electron chi connectivity index (χ4n) is 2.35. The Hall–Kier alpha value is 0.180. The molecule has 5 atom stereocenters. The number of hydrogen-bond acceptors (Lipinski definition) is 7. The van der Waals surface area contributed by atoms with E-state index >= 15 is 0 Å². The van der Waals surface area contributed by atoms with Crippen LogP contribution in [0.2, 0.25) is 0 Å². The smallest absolute Gasteiger partial charge is 0.330 e. The Labute approximate surface area is 149 Å². The van der Waals surface area contributed by atoms with Gasteiger partial charge in [0.2, 0.25) is 0 Å². The van der Waals surface area contributed by atoms with Gasteiger partial charge in [-0.2, -0.15) is 0 Å². The van der Waals surface area contributed by atoms with Crippen LogP contribution in [-0.4, -0.2) is 73.5 Å². The summed E-state index contributed by atoms with van der Waals surface area (Å²) in [6, 6.07) is 0. The molecule has 9 nitrogen and oxygen atoms in total. The van der Waals surface area contributed by atoms with E-state index in [-0.39, 0.29) is 38.2 Å². The van der Waals surface area contributed by atoms with Crippen LogP contribution in [0.1, 0.15) is 27.2 Å². The lowest BCUT2D eigenvalue weighted by Gasteiger charge is -2.23. The van der Waals surface area contributed by atoms with Crippen LogP contribution in [-0.2, 0) is 32.4 Å². The molecule has 1 aliphatic rings. The topological polar surface area (TPSA) is 121 Å². The van der Waals surface area contributed by atoms with Crippen molar-refractivity contribution in [1.29, 1.82) is 0 Å². The van der Waals surface area contributed by atoms with E-state index in [0.29, 0.717) is 19.6 Å². The highest BCUT2D eigenvalue weighted by atomic mass is 31.2. The number of rotatable bonds is 13. The fraction of sp³-hybridized carbons (Fsp3) is 1.00. The van der Waals surface area contributed by atoms with Gasteiger partial charge in [0.15, 0.2) is 0 Å². The Morgan fingerprint density at radius 2 is 1.60 bits per heavy atom. The van der Waals surface area contributed by atoms with Gasteiger partial charge in [-0.25, -0.2) is 0 Å². The third-order valence-corrected chi connectivity index (χ3v) is 6.22. The predicted octanol–water partition coefficient (Wildman–Crippen LogP) is 2.01. The van der Waals surface area contributed by atoms with Crippen molar-refractivity contribution in [1.82, 2.24) is 0 Å². The highest BCUT2D eigenvalue weighted by Crippen LogP contribution is 2.47. The van der Waals surface area contributed by atoms with Gasteiger partial charge < -0.3 is 33.0 Å². The van der Waals surface area contributed by atoms with Crippen molar-refractivity contribution in [3.63, 3.8) is 0 Å². The molecule has 0 aromatic carbocycles. The molecule has 0 radical (unpaired) electrons. The van der Waals surface area contributed by atoms with Gasteiger partial charge in [-0.05, 0) is 20.8 Å². The molecule has 11 heteroatoms. The number of hydrogen-bond donors (Lipinski definition) is 2. The molecule has 150 valence electrons. The van der Waals surface area contributed by atoms with Gasteiger partial charge in [0.25, 0.3) is 0 Å². The van der Waals surface area contributed by atoms with Crippen LogP contribution < -0.4 is 0 Å². The monoisotopic (exact) mass is 404 g/mol. The van der Waals surface area contributed by atoms with Crippen LogP contribution in [0.3, 0.4) is 0 Å². The molecule has 0 bridgehead atoms. The SMILES string of the molecule is CCOCCP(=O)(O)OC[C@H]1O[C@@H](C)CC1OP(=O)(O)CCOCC. The molecular formula is C14H30O9P2. The summed E-state index contributed by atoms with van der Waals surface area (Å²) < 4.78 is 50.1. The molecule has 0 amide bonds. The van der Waals surface area contributed by atoms with Gasteiger partial charge in [0.05, 0.1) is 44.4 Å². The molecule has 3 unspecified atom stereocenters. The average Bonchev–Trinajstić information content (AvgIpc) is 2.84. The minimum absolute atomic E-state index is 0.119. The minimum Gasteiger partial charge on any atom is -0.381 e. The summed E-state index contributed by atoms with van der Waals surface area (Å²) in [4.78, 5) is 19.7. The van der Waals surface area contributed by atoms with Crippen molar-refractivity contribution in [2.75, 3.05) is 45.4 Å². The quantitative estimate of drug-likeness (QED) is 0.351. The standard InChI is InChI=1S/C14H30O9P2/c1-4-19-6-8-24(15,16)21-11-14-13(10-12(3)22-14)23-25(17,18)9-7-20-5-2/h12-14H,4-11H2,1-3H3,(H,15,16)(H,17,18)/t12-,13?,14+/m0/s1. The maximum atomic E-state index is 12.1. The van der Waals surface area contributed by atoms with E-state index in [1.54, 1.807) is 20.8 Å². The molecule has 0 aromatic rings. The van der Waals surface area contributed by atoms with E-state index in [0.717, 1.165) is 0 Å². The van der Waals surface area contributed by atoms with E-state index in [2.05, 4.69) is 0 Å². The normalized spacial score (nSPS) is 28.6. The third kappa shape index (κ3) is 9.61. The Bertz CT molecular complexity index is 473. The van der Waals surface area contributed by atoms with Crippen LogP contribution in [0.5, 0.6) is 0 Å². The lowest BCUT2D eigenvalue weighted by molar-refractivity contribution is -0.00923. The zero-order chi connectivity index (χ0) is 18.9. The largest absolute Gasteiger partial charge is 0.381 e. The fourth-order valence-corrected chi connectivity index (χ4v) is 4.32. The summed E-state index contributed by atoms with van der Waals surface area (Å²) >= 11 is 0. The van der Waals surface area contributed by atoms with Crippen LogP contribution in [0, 0.1) is 0 Å². The van der Waals surface area contributed by atoms with Crippen molar-refractivity contribution in [2.24, 2.45) is 0 Å². The Kier molecular flexibility index (Phi) is 10.3. The third-order valence-electron chi connectivity index (χ3n) is 3.57. The Morgan fingerprint density at radius 3 is 2.16 bits per heavy atom. The lowest BCUT2D eigenvalue weighted by Crippen LogP contribution is -2.29. The first-order valence-electron chi connectivity index (χ1n) is 8.46. The first-order chi connectivity index (χ1) is 11.7. The lowest BCUT2D eigenvalue weighted by atomic mass is 10.1. The minimum atomic E-state index is -3.83. The maximum absolute atomic E-state index is 12.1. The Morgan fingerprint density at radius 1 is 1.04 bits per heavy atom. The van der Waals surface area contributed by atoms with E-state index in [4.69, 9.17) is 23.3 Å². The molecular weight excluding hydrogens is 374 g/mol. The second-order valence-electron chi connectivity index (χ2n) is 5.78. The van der Waals surface area contributed by atoms with E-state index in [9.17, 15) is 18.9 Å². The summed E-state index contributed by atoms with van der Waals surface area (Å²) in [5, 5.41) is 0. The van der Waals surface area contributed by atoms with Crippen molar-refractivity contribution in [2.45, 2.75) is 45.5 Å². The van der Waals surface area contributed by atoms with Crippen molar-refractivity contribution < 1.29 is 42.2 Å². The van der Waals surface area contributed by atoms with Gasteiger partial charge in [0, 0.05) is 19.6 Å². The van der Waals surface area contributed by atoms with Crippen molar-refractivity contribution in [3.8, 4) is 0 Å².